The molecule has 0 radical (unpaired) electrons. The van der Waals surface area contributed by atoms with E-state index in [4.69, 9.17) is 0 Å². The molecule has 0 fully saturated rings. The summed E-state index contributed by atoms with van der Waals surface area (Å²) in [5, 5.41) is 28.1. The van der Waals surface area contributed by atoms with Crippen molar-refractivity contribution in [3.8, 4) is 5.75 Å². The van der Waals surface area contributed by atoms with Crippen LogP contribution in [0, 0.1) is 0 Å². The molecular formula is C24H38O4. The van der Waals surface area contributed by atoms with E-state index in [0.29, 0.717) is 6.42 Å². The van der Waals surface area contributed by atoms with Crippen LogP contribution < -0.4 is 0 Å². The Hall–Kier alpha value is -1.81. The number of carboxylic acid groups (broad SMARTS) is 1. The molecule has 3 N–H and O–H groups in total. The van der Waals surface area contributed by atoms with Gasteiger partial charge in [0.05, 0.1) is 6.10 Å². The average Bonchev–Trinajstić information content (AvgIpc) is 2.64. The van der Waals surface area contributed by atoms with Gasteiger partial charge in [0, 0.05) is 0 Å². The average molecular weight is 391 g/mol. The first-order chi connectivity index (χ1) is 13.5. The van der Waals surface area contributed by atoms with Crippen molar-refractivity contribution in [3.63, 3.8) is 0 Å². The maximum Gasteiger partial charge on any atom is 0.339 e. The van der Waals surface area contributed by atoms with Crippen LogP contribution in [0.25, 0.3) is 0 Å². The summed E-state index contributed by atoms with van der Waals surface area (Å²) in [6.45, 7) is 1.85. The number of benzene rings is 1. The molecule has 0 saturated heterocycles. The van der Waals surface area contributed by atoms with Gasteiger partial charge in [-0.15, -0.1) is 0 Å². The fraction of sp³-hybridized carbons (Fsp3) is 0.625. The Kier molecular flexibility index (Phi) is 13.1. The molecule has 0 heterocycles. The van der Waals surface area contributed by atoms with Crippen molar-refractivity contribution in [1.29, 1.82) is 0 Å². The number of carbonyl (C=O) groups is 1. The lowest BCUT2D eigenvalue weighted by atomic mass is 9.99. The minimum atomic E-state index is -1.06. The summed E-state index contributed by atoms with van der Waals surface area (Å²) in [6, 6.07) is 4.93. The van der Waals surface area contributed by atoms with Crippen molar-refractivity contribution in [2.45, 2.75) is 96.5 Å². The Morgan fingerprint density at radius 3 is 2.11 bits per heavy atom. The molecule has 158 valence electrons. The summed E-state index contributed by atoms with van der Waals surface area (Å²) in [7, 11) is 0. The van der Waals surface area contributed by atoms with Crippen LogP contribution in [0.3, 0.4) is 0 Å². The number of allylic oxidation sites excluding steroid dienone is 2. The van der Waals surface area contributed by atoms with Crippen LogP contribution in [0.15, 0.2) is 30.4 Å². The third-order valence-corrected chi connectivity index (χ3v) is 5.07. The molecule has 0 bridgehead atoms. The lowest BCUT2D eigenvalue weighted by Gasteiger charge is -2.07. The van der Waals surface area contributed by atoms with Crippen LogP contribution in [0.2, 0.25) is 0 Å². The number of aliphatic hydroxyl groups excluding tert-OH is 1. The van der Waals surface area contributed by atoms with E-state index < -0.39 is 5.97 Å². The second-order valence-corrected chi connectivity index (χ2v) is 7.73. The Morgan fingerprint density at radius 1 is 0.929 bits per heavy atom. The van der Waals surface area contributed by atoms with Gasteiger partial charge >= 0.3 is 5.97 Å². The lowest BCUT2D eigenvalue weighted by Crippen LogP contribution is -2.03. The fourth-order valence-corrected chi connectivity index (χ4v) is 3.44. The van der Waals surface area contributed by atoms with Crippen LogP contribution in [-0.2, 0) is 6.42 Å². The molecule has 0 aliphatic heterocycles. The van der Waals surface area contributed by atoms with E-state index in [2.05, 4.69) is 12.2 Å². The summed E-state index contributed by atoms with van der Waals surface area (Å²) < 4.78 is 0. The molecule has 1 aromatic carbocycles. The molecule has 4 nitrogen and oxygen atoms in total. The first-order valence-corrected chi connectivity index (χ1v) is 10.9. The van der Waals surface area contributed by atoms with Gasteiger partial charge in [-0.25, -0.2) is 4.79 Å². The van der Waals surface area contributed by atoms with E-state index in [-0.39, 0.29) is 17.4 Å². The van der Waals surface area contributed by atoms with Crippen molar-refractivity contribution >= 4 is 5.97 Å². The van der Waals surface area contributed by atoms with Crippen molar-refractivity contribution in [2.75, 3.05) is 0 Å². The first-order valence-electron chi connectivity index (χ1n) is 10.9. The number of hydrogen-bond acceptors (Lipinski definition) is 3. The zero-order valence-electron chi connectivity index (χ0n) is 17.4. The van der Waals surface area contributed by atoms with Gasteiger partial charge in [0.15, 0.2) is 0 Å². The highest BCUT2D eigenvalue weighted by Gasteiger charge is 2.14. The Bertz CT molecular complexity index is 578. The minimum absolute atomic E-state index is 0.0515. The molecule has 0 saturated carbocycles. The number of phenols is 1. The SMILES string of the molecule is C[C@@H](O)CCCCCC/C=C/CCCCCCCc1cccc(O)c1C(=O)O. The Morgan fingerprint density at radius 2 is 1.50 bits per heavy atom. The topological polar surface area (TPSA) is 77.8 Å². The molecule has 4 heteroatoms. The van der Waals surface area contributed by atoms with Gasteiger partial charge in [-0.3, -0.25) is 0 Å². The van der Waals surface area contributed by atoms with Gasteiger partial charge in [0.1, 0.15) is 11.3 Å². The van der Waals surface area contributed by atoms with Gasteiger partial charge in [-0.05, 0) is 63.5 Å². The predicted molar refractivity (Wildman–Crippen MR) is 115 cm³/mol. The highest BCUT2D eigenvalue weighted by Crippen LogP contribution is 2.23. The van der Waals surface area contributed by atoms with E-state index in [0.717, 1.165) is 44.1 Å². The van der Waals surface area contributed by atoms with Gasteiger partial charge in [0.25, 0.3) is 0 Å². The second kappa shape index (κ2) is 15.2. The van der Waals surface area contributed by atoms with Crippen LogP contribution in [0.5, 0.6) is 5.75 Å². The largest absolute Gasteiger partial charge is 0.507 e. The lowest BCUT2D eigenvalue weighted by molar-refractivity contribution is 0.0692. The van der Waals surface area contributed by atoms with E-state index in [1.165, 1.54) is 44.6 Å². The molecule has 0 aliphatic rings. The van der Waals surface area contributed by atoms with E-state index in [9.17, 15) is 20.1 Å². The molecule has 28 heavy (non-hydrogen) atoms. The van der Waals surface area contributed by atoms with Crippen molar-refractivity contribution < 1.29 is 20.1 Å². The molecule has 0 unspecified atom stereocenters. The van der Waals surface area contributed by atoms with Gasteiger partial charge < -0.3 is 15.3 Å². The van der Waals surface area contributed by atoms with Crippen LogP contribution in [-0.4, -0.2) is 27.4 Å². The molecule has 1 rings (SSSR count). The monoisotopic (exact) mass is 390 g/mol. The fourth-order valence-electron chi connectivity index (χ4n) is 3.44. The normalized spacial score (nSPS) is 12.5. The summed E-state index contributed by atoms with van der Waals surface area (Å²) in [4.78, 5) is 11.2. The highest BCUT2D eigenvalue weighted by atomic mass is 16.4. The minimum Gasteiger partial charge on any atom is -0.507 e. The van der Waals surface area contributed by atoms with Gasteiger partial charge in [-0.1, -0.05) is 62.8 Å². The van der Waals surface area contributed by atoms with E-state index >= 15 is 0 Å². The number of aryl methyl sites for hydroxylation is 1. The van der Waals surface area contributed by atoms with E-state index in [1.807, 2.05) is 6.92 Å². The maximum absolute atomic E-state index is 11.2. The molecule has 1 aromatic rings. The van der Waals surface area contributed by atoms with Crippen molar-refractivity contribution in [2.24, 2.45) is 0 Å². The number of aromatic hydroxyl groups is 1. The number of carboxylic acids is 1. The number of rotatable bonds is 16. The van der Waals surface area contributed by atoms with E-state index in [1.54, 1.807) is 12.1 Å². The quantitative estimate of drug-likeness (QED) is 0.230. The summed E-state index contributed by atoms with van der Waals surface area (Å²) in [6.07, 6.45) is 18.8. The number of hydrogen-bond donors (Lipinski definition) is 3. The number of aliphatic hydroxyl groups is 1. The second-order valence-electron chi connectivity index (χ2n) is 7.73. The summed E-state index contributed by atoms with van der Waals surface area (Å²) in [5.41, 5.74) is 0.775. The smallest absolute Gasteiger partial charge is 0.339 e. The zero-order valence-corrected chi connectivity index (χ0v) is 17.4. The summed E-state index contributed by atoms with van der Waals surface area (Å²) in [5.74, 6) is -1.20. The Labute approximate surface area is 170 Å². The van der Waals surface area contributed by atoms with Crippen LogP contribution >= 0.6 is 0 Å². The van der Waals surface area contributed by atoms with Gasteiger partial charge in [-0.2, -0.15) is 0 Å². The third-order valence-electron chi connectivity index (χ3n) is 5.07. The van der Waals surface area contributed by atoms with Crippen LogP contribution in [0.1, 0.15) is 99.9 Å². The maximum atomic E-state index is 11.2. The molecule has 0 amide bonds. The number of aromatic carboxylic acids is 1. The van der Waals surface area contributed by atoms with Crippen molar-refractivity contribution in [3.05, 3.63) is 41.5 Å². The molecule has 0 aromatic heterocycles. The predicted octanol–water partition coefficient (Wildman–Crippen LogP) is 6.25. The van der Waals surface area contributed by atoms with Gasteiger partial charge in [0.2, 0.25) is 0 Å². The standard InChI is InChI=1S/C24H38O4/c1-20(25)16-13-11-9-7-5-3-2-4-6-8-10-12-14-17-21-18-15-19-22(26)23(21)24(27)28/h2-3,15,18-20,25-26H,4-14,16-17H2,1H3,(H,27,28)/b3-2+/t20-/m1/s1. The summed E-state index contributed by atoms with van der Waals surface area (Å²) >= 11 is 0. The molecular weight excluding hydrogens is 352 g/mol. The third kappa shape index (κ3) is 11.1. The number of unbranched alkanes of at least 4 members (excludes halogenated alkanes) is 9. The first kappa shape index (κ1) is 24.2. The molecule has 0 aliphatic carbocycles. The van der Waals surface area contributed by atoms with Crippen LogP contribution in [0.4, 0.5) is 0 Å². The van der Waals surface area contributed by atoms with Crippen molar-refractivity contribution in [1.82, 2.24) is 0 Å². The highest BCUT2D eigenvalue weighted by molar-refractivity contribution is 5.92. The Balaban J connectivity index is 1.99. The zero-order chi connectivity index (χ0) is 20.6. The molecule has 0 spiro atoms. The molecule has 1 atom stereocenters.